The van der Waals surface area contributed by atoms with Crippen LogP contribution in [0.1, 0.15) is 24.2 Å². The summed E-state index contributed by atoms with van der Waals surface area (Å²) in [4.78, 5) is 15.2. The molecule has 24 heavy (non-hydrogen) atoms. The quantitative estimate of drug-likeness (QED) is 0.768. The Morgan fingerprint density at radius 1 is 1.21 bits per heavy atom. The molecule has 0 saturated carbocycles. The Morgan fingerprint density at radius 2 is 1.88 bits per heavy atom. The Morgan fingerprint density at radius 3 is 2.50 bits per heavy atom. The van der Waals surface area contributed by atoms with Gasteiger partial charge in [-0.05, 0) is 37.8 Å². The minimum Gasteiger partial charge on any atom is -0.387 e. The van der Waals surface area contributed by atoms with Crippen molar-refractivity contribution in [2.75, 3.05) is 24.7 Å². The molecule has 0 aliphatic carbocycles. The van der Waals surface area contributed by atoms with Crippen molar-refractivity contribution >= 4 is 23.5 Å². The lowest BCUT2D eigenvalue weighted by Crippen LogP contribution is -2.37. The number of likely N-dealkylation sites (N-methyl/N-ethyl adjacent to an activating group) is 1. The summed E-state index contributed by atoms with van der Waals surface area (Å²) in [6.07, 6.45) is 1.27. The number of aliphatic hydroxyl groups is 1. The Bertz CT molecular complexity index is 673. The van der Waals surface area contributed by atoms with Crippen molar-refractivity contribution in [2.24, 2.45) is 0 Å². The van der Waals surface area contributed by atoms with Crippen molar-refractivity contribution in [3.8, 4) is 0 Å². The first-order chi connectivity index (χ1) is 11.5. The van der Waals surface area contributed by atoms with Crippen LogP contribution in [0, 0.1) is 6.92 Å². The van der Waals surface area contributed by atoms with Gasteiger partial charge in [-0.25, -0.2) is 4.79 Å². The second-order valence-electron chi connectivity index (χ2n) is 5.60. The van der Waals surface area contributed by atoms with Crippen molar-refractivity contribution in [1.82, 2.24) is 4.90 Å². The molecule has 0 aliphatic rings. The van der Waals surface area contributed by atoms with Gasteiger partial charge in [-0.2, -0.15) is 0 Å². The lowest BCUT2D eigenvalue weighted by atomic mass is 10.1. The van der Waals surface area contributed by atoms with Crippen molar-refractivity contribution in [2.45, 2.75) is 24.8 Å². The zero-order chi connectivity index (χ0) is 17.5. The number of thioether (sulfide) groups is 1. The van der Waals surface area contributed by atoms with Gasteiger partial charge in [0.15, 0.2) is 0 Å². The molecule has 2 rings (SSSR count). The van der Waals surface area contributed by atoms with E-state index in [1.165, 1.54) is 0 Å². The molecule has 1 unspecified atom stereocenters. The summed E-state index contributed by atoms with van der Waals surface area (Å²) in [5.74, 6) is 0. The zero-order valence-corrected chi connectivity index (χ0v) is 15.1. The lowest BCUT2D eigenvalue weighted by Gasteiger charge is -2.25. The minimum atomic E-state index is -0.702. The van der Waals surface area contributed by atoms with Crippen molar-refractivity contribution in [3.63, 3.8) is 0 Å². The van der Waals surface area contributed by atoms with Gasteiger partial charge in [0.1, 0.15) is 0 Å². The first-order valence-corrected chi connectivity index (χ1v) is 9.21. The highest BCUT2D eigenvalue weighted by atomic mass is 32.2. The Labute approximate surface area is 147 Å². The van der Waals surface area contributed by atoms with Crippen LogP contribution in [-0.2, 0) is 0 Å². The summed E-state index contributed by atoms with van der Waals surface area (Å²) in [6, 6.07) is 15.2. The second-order valence-corrected chi connectivity index (χ2v) is 6.44. The van der Waals surface area contributed by atoms with Crippen LogP contribution in [0.15, 0.2) is 53.4 Å². The van der Waals surface area contributed by atoms with E-state index < -0.39 is 6.10 Å². The van der Waals surface area contributed by atoms with Gasteiger partial charge in [0.2, 0.25) is 0 Å². The number of aliphatic hydroxyl groups excluding tert-OH is 1. The van der Waals surface area contributed by atoms with Crippen LogP contribution in [0.4, 0.5) is 10.5 Å². The maximum atomic E-state index is 12.5. The number of anilines is 1. The fourth-order valence-corrected chi connectivity index (χ4v) is 2.95. The molecule has 1 atom stereocenters. The first kappa shape index (κ1) is 18.4. The molecular weight excluding hydrogens is 320 g/mol. The molecule has 5 heteroatoms. The molecule has 2 aromatic rings. The molecule has 0 aliphatic heterocycles. The molecule has 0 bridgehead atoms. The van der Waals surface area contributed by atoms with Crippen LogP contribution in [-0.4, -0.2) is 35.4 Å². The van der Waals surface area contributed by atoms with Gasteiger partial charge in [0, 0.05) is 11.4 Å². The number of carbonyl (C=O) groups is 1. The standard InChI is InChI=1S/C19H24N2O2S/c1-4-21(13-17(22)15-11-9-14(2)10-12-15)19(23)20-16-7-5-6-8-18(16)24-3/h5-12,17,22H,4,13H2,1-3H3,(H,20,23). The average Bonchev–Trinajstić information content (AvgIpc) is 2.60. The van der Waals surface area contributed by atoms with Crippen molar-refractivity contribution < 1.29 is 9.90 Å². The molecule has 0 fully saturated rings. The van der Waals surface area contributed by atoms with Crippen LogP contribution in [0.25, 0.3) is 0 Å². The van der Waals surface area contributed by atoms with Gasteiger partial charge in [-0.3, -0.25) is 0 Å². The summed E-state index contributed by atoms with van der Waals surface area (Å²) < 4.78 is 0. The van der Waals surface area contributed by atoms with Gasteiger partial charge in [0.25, 0.3) is 0 Å². The largest absolute Gasteiger partial charge is 0.387 e. The number of para-hydroxylation sites is 1. The normalized spacial score (nSPS) is 11.8. The second kappa shape index (κ2) is 8.76. The van der Waals surface area contributed by atoms with E-state index in [0.29, 0.717) is 6.54 Å². The number of nitrogens with zero attached hydrogens (tertiary/aromatic N) is 1. The topological polar surface area (TPSA) is 52.6 Å². The Balaban J connectivity index is 2.04. The SMILES string of the molecule is CCN(CC(O)c1ccc(C)cc1)C(=O)Nc1ccccc1SC. The lowest BCUT2D eigenvalue weighted by molar-refractivity contribution is 0.128. The van der Waals surface area contributed by atoms with E-state index in [-0.39, 0.29) is 12.6 Å². The predicted octanol–water partition coefficient (Wildman–Crippen LogP) is 4.30. The van der Waals surface area contributed by atoms with Gasteiger partial charge in [-0.15, -0.1) is 11.8 Å². The van der Waals surface area contributed by atoms with Crippen LogP contribution in [0.2, 0.25) is 0 Å². The highest BCUT2D eigenvalue weighted by Gasteiger charge is 2.18. The number of nitrogens with one attached hydrogen (secondary N) is 1. The van der Waals surface area contributed by atoms with E-state index in [0.717, 1.165) is 21.7 Å². The summed E-state index contributed by atoms with van der Waals surface area (Å²) in [7, 11) is 0. The molecule has 0 saturated heterocycles. The van der Waals surface area contributed by atoms with E-state index in [9.17, 15) is 9.90 Å². The van der Waals surface area contributed by atoms with Crippen LogP contribution in [0.5, 0.6) is 0 Å². The minimum absolute atomic E-state index is 0.204. The Hall–Kier alpha value is -1.98. The van der Waals surface area contributed by atoms with Crippen LogP contribution >= 0.6 is 11.8 Å². The fourth-order valence-electron chi connectivity index (χ4n) is 2.40. The van der Waals surface area contributed by atoms with E-state index >= 15 is 0 Å². The third-order valence-electron chi connectivity index (χ3n) is 3.87. The zero-order valence-electron chi connectivity index (χ0n) is 14.3. The smallest absolute Gasteiger partial charge is 0.321 e. The molecule has 2 aromatic carbocycles. The number of hydrogen-bond acceptors (Lipinski definition) is 3. The number of hydrogen-bond donors (Lipinski definition) is 2. The highest BCUT2D eigenvalue weighted by Crippen LogP contribution is 2.25. The summed E-state index contributed by atoms with van der Waals surface area (Å²) in [5, 5.41) is 13.3. The molecule has 0 aromatic heterocycles. The predicted molar refractivity (Wildman–Crippen MR) is 101 cm³/mol. The van der Waals surface area contributed by atoms with Crippen LogP contribution in [0.3, 0.4) is 0 Å². The number of carbonyl (C=O) groups excluding carboxylic acids is 1. The highest BCUT2D eigenvalue weighted by molar-refractivity contribution is 7.98. The van der Waals surface area contributed by atoms with E-state index in [2.05, 4.69) is 5.32 Å². The maximum absolute atomic E-state index is 12.5. The van der Waals surface area contributed by atoms with Crippen LogP contribution < -0.4 is 5.32 Å². The average molecular weight is 344 g/mol. The molecule has 128 valence electrons. The summed E-state index contributed by atoms with van der Waals surface area (Å²) in [5.41, 5.74) is 2.75. The number of urea groups is 1. The maximum Gasteiger partial charge on any atom is 0.321 e. The van der Waals surface area contributed by atoms with E-state index in [1.54, 1.807) is 16.7 Å². The first-order valence-electron chi connectivity index (χ1n) is 7.98. The van der Waals surface area contributed by atoms with Crippen molar-refractivity contribution in [1.29, 1.82) is 0 Å². The molecule has 2 N–H and O–H groups in total. The van der Waals surface area contributed by atoms with E-state index in [1.807, 2.05) is 68.6 Å². The summed E-state index contributed by atoms with van der Waals surface area (Å²) in [6.45, 7) is 4.69. The van der Waals surface area contributed by atoms with Gasteiger partial charge in [-0.1, -0.05) is 42.0 Å². The van der Waals surface area contributed by atoms with Gasteiger partial charge < -0.3 is 15.3 Å². The third-order valence-corrected chi connectivity index (χ3v) is 4.67. The van der Waals surface area contributed by atoms with Gasteiger partial charge in [0.05, 0.1) is 18.3 Å². The van der Waals surface area contributed by atoms with Crippen molar-refractivity contribution in [3.05, 3.63) is 59.7 Å². The summed E-state index contributed by atoms with van der Waals surface area (Å²) >= 11 is 1.59. The molecule has 2 amide bonds. The molecule has 0 spiro atoms. The van der Waals surface area contributed by atoms with E-state index in [4.69, 9.17) is 0 Å². The fraction of sp³-hybridized carbons (Fsp3) is 0.316. The Kier molecular flexibility index (Phi) is 6.70. The van der Waals surface area contributed by atoms with Gasteiger partial charge >= 0.3 is 6.03 Å². The number of amides is 2. The monoisotopic (exact) mass is 344 g/mol. The third kappa shape index (κ3) is 4.76. The number of aryl methyl sites for hydroxylation is 1. The number of rotatable bonds is 6. The molecule has 0 heterocycles. The number of benzene rings is 2. The molecule has 0 radical (unpaired) electrons. The molecule has 4 nitrogen and oxygen atoms in total. The molecular formula is C19H24N2O2S.